The standard InChI is InChI=1S/C34H34O6/c35-30-25-38-32(37)34(22-27-15-7-2-8-16-27,40-24-29-19-11-4-12-20-29)33(31(30)36,21-26-13-5-1-6-14-26)39-23-28-17-9-3-10-18-28/h1-20,30-31,35-36H,21-25H2/t30-,31-,33+,34+/m1/s1. The molecule has 1 saturated heterocycles. The molecule has 1 aliphatic rings. The molecule has 0 bridgehead atoms. The van der Waals surface area contributed by atoms with Crippen LogP contribution in [0.2, 0.25) is 0 Å². The highest BCUT2D eigenvalue weighted by Gasteiger charge is 2.66. The van der Waals surface area contributed by atoms with Crippen molar-refractivity contribution in [3.63, 3.8) is 0 Å². The van der Waals surface area contributed by atoms with Gasteiger partial charge in [0.15, 0.2) is 0 Å². The largest absolute Gasteiger partial charge is 0.461 e. The highest BCUT2D eigenvalue weighted by molar-refractivity contribution is 5.83. The number of hydrogen-bond acceptors (Lipinski definition) is 6. The number of aliphatic hydroxyl groups excluding tert-OH is 2. The van der Waals surface area contributed by atoms with Gasteiger partial charge in [0.05, 0.1) is 13.2 Å². The molecule has 2 N–H and O–H groups in total. The fraction of sp³-hybridized carbons (Fsp3) is 0.265. The molecular weight excluding hydrogens is 504 g/mol. The maximum absolute atomic E-state index is 14.2. The fourth-order valence-corrected chi connectivity index (χ4v) is 5.39. The summed E-state index contributed by atoms with van der Waals surface area (Å²) in [6, 6.07) is 38.0. The molecule has 6 nitrogen and oxygen atoms in total. The maximum atomic E-state index is 14.2. The van der Waals surface area contributed by atoms with Crippen molar-refractivity contribution in [3.8, 4) is 0 Å². The van der Waals surface area contributed by atoms with Crippen LogP contribution in [-0.4, -0.2) is 46.2 Å². The Hall–Kier alpha value is -3.81. The van der Waals surface area contributed by atoms with E-state index in [1.807, 2.05) is 121 Å². The minimum absolute atomic E-state index is 0.0604. The monoisotopic (exact) mass is 538 g/mol. The van der Waals surface area contributed by atoms with Crippen molar-refractivity contribution in [1.82, 2.24) is 0 Å². The van der Waals surface area contributed by atoms with Gasteiger partial charge < -0.3 is 24.4 Å². The average molecular weight is 539 g/mol. The van der Waals surface area contributed by atoms with E-state index in [1.165, 1.54) is 0 Å². The number of esters is 1. The summed E-state index contributed by atoms with van der Waals surface area (Å²) in [7, 11) is 0. The van der Waals surface area contributed by atoms with Gasteiger partial charge in [0, 0.05) is 12.8 Å². The van der Waals surface area contributed by atoms with Gasteiger partial charge in [-0.05, 0) is 22.3 Å². The van der Waals surface area contributed by atoms with E-state index >= 15 is 0 Å². The second kappa shape index (κ2) is 12.6. The summed E-state index contributed by atoms with van der Waals surface area (Å²) in [5.74, 6) is -0.688. The minimum atomic E-state index is -1.81. The lowest BCUT2D eigenvalue weighted by Crippen LogP contribution is -2.70. The molecule has 0 radical (unpaired) electrons. The van der Waals surface area contributed by atoms with Gasteiger partial charge in [-0.3, -0.25) is 0 Å². The summed E-state index contributed by atoms with van der Waals surface area (Å²) in [4.78, 5) is 14.2. The van der Waals surface area contributed by atoms with E-state index in [4.69, 9.17) is 14.2 Å². The number of ether oxygens (including phenoxy) is 3. The third-order valence-electron chi connectivity index (χ3n) is 7.51. The van der Waals surface area contributed by atoms with Gasteiger partial charge in [-0.15, -0.1) is 0 Å². The Morgan fingerprint density at radius 1 is 0.625 bits per heavy atom. The summed E-state index contributed by atoms with van der Waals surface area (Å²) in [5.41, 5.74) is -0.216. The number of cyclic esters (lactones) is 1. The maximum Gasteiger partial charge on any atom is 0.342 e. The van der Waals surface area contributed by atoms with Crippen molar-refractivity contribution in [3.05, 3.63) is 144 Å². The number of rotatable bonds is 10. The molecule has 4 aromatic rings. The Bertz CT molecular complexity index is 1350. The summed E-state index contributed by atoms with van der Waals surface area (Å²) >= 11 is 0. The first-order chi connectivity index (χ1) is 19.5. The first-order valence-electron chi connectivity index (χ1n) is 13.5. The molecule has 4 aromatic carbocycles. The third-order valence-corrected chi connectivity index (χ3v) is 7.51. The molecule has 5 rings (SSSR count). The van der Waals surface area contributed by atoms with E-state index in [2.05, 4.69) is 0 Å². The zero-order valence-electron chi connectivity index (χ0n) is 22.3. The van der Waals surface area contributed by atoms with Gasteiger partial charge in [0.2, 0.25) is 5.60 Å². The summed E-state index contributed by atoms with van der Waals surface area (Å²) in [5, 5.41) is 23.1. The van der Waals surface area contributed by atoms with Crippen molar-refractivity contribution < 1.29 is 29.2 Å². The van der Waals surface area contributed by atoms with E-state index in [1.54, 1.807) is 0 Å². The van der Waals surface area contributed by atoms with Crippen LogP contribution in [0.3, 0.4) is 0 Å². The van der Waals surface area contributed by atoms with Gasteiger partial charge >= 0.3 is 5.97 Å². The van der Waals surface area contributed by atoms with Crippen molar-refractivity contribution in [2.24, 2.45) is 0 Å². The molecule has 0 spiro atoms. The second-order valence-corrected chi connectivity index (χ2v) is 10.2. The Balaban J connectivity index is 1.70. The zero-order chi connectivity index (χ0) is 27.8. The summed E-state index contributed by atoms with van der Waals surface area (Å²) < 4.78 is 19.1. The zero-order valence-corrected chi connectivity index (χ0v) is 22.3. The lowest BCUT2D eigenvalue weighted by Gasteiger charge is -2.49. The van der Waals surface area contributed by atoms with Crippen LogP contribution in [0, 0.1) is 0 Å². The summed E-state index contributed by atoms with van der Waals surface area (Å²) in [6.07, 6.45) is -2.75. The van der Waals surface area contributed by atoms with Crippen LogP contribution in [0.5, 0.6) is 0 Å². The van der Waals surface area contributed by atoms with Crippen LogP contribution in [0.1, 0.15) is 22.3 Å². The van der Waals surface area contributed by atoms with Crippen LogP contribution in [0.4, 0.5) is 0 Å². The van der Waals surface area contributed by atoms with E-state index in [0.29, 0.717) is 0 Å². The summed E-state index contributed by atoms with van der Waals surface area (Å²) in [6.45, 7) is -0.233. The molecule has 0 amide bonds. The van der Waals surface area contributed by atoms with E-state index in [0.717, 1.165) is 22.3 Å². The van der Waals surface area contributed by atoms with Crippen LogP contribution in [0.15, 0.2) is 121 Å². The van der Waals surface area contributed by atoms with Crippen LogP contribution >= 0.6 is 0 Å². The molecule has 40 heavy (non-hydrogen) atoms. The molecule has 0 aliphatic carbocycles. The van der Waals surface area contributed by atoms with Crippen LogP contribution < -0.4 is 0 Å². The van der Waals surface area contributed by atoms with Crippen molar-refractivity contribution in [2.75, 3.05) is 6.61 Å². The van der Waals surface area contributed by atoms with Gasteiger partial charge in [-0.2, -0.15) is 0 Å². The predicted molar refractivity (Wildman–Crippen MR) is 151 cm³/mol. The first kappa shape index (κ1) is 27.7. The van der Waals surface area contributed by atoms with Gasteiger partial charge in [0.1, 0.15) is 24.4 Å². The molecular formula is C34H34O6. The Morgan fingerprint density at radius 3 is 1.55 bits per heavy atom. The fourth-order valence-electron chi connectivity index (χ4n) is 5.39. The highest BCUT2D eigenvalue weighted by Crippen LogP contribution is 2.44. The number of aliphatic hydroxyl groups is 2. The van der Waals surface area contributed by atoms with E-state index < -0.39 is 29.4 Å². The van der Waals surface area contributed by atoms with Crippen LogP contribution in [0.25, 0.3) is 0 Å². The van der Waals surface area contributed by atoms with Gasteiger partial charge in [-0.1, -0.05) is 121 Å². The third kappa shape index (κ3) is 5.86. The predicted octanol–water partition coefficient (Wildman–Crippen LogP) is 4.66. The van der Waals surface area contributed by atoms with Crippen LogP contribution in [-0.2, 0) is 45.1 Å². The number of carbonyl (C=O) groups is 1. The van der Waals surface area contributed by atoms with E-state index in [9.17, 15) is 15.0 Å². The molecule has 1 fully saturated rings. The molecule has 4 atom stereocenters. The number of hydrogen-bond donors (Lipinski definition) is 2. The lowest BCUT2D eigenvalue weighted by molar-refractivity contribution is -0.259. The lowest BCUT2D eigenvalue weighted by atomic mass is 9.70. The molecule has 0 saturated carbocycles. The average Bonchev–Trinajstić information content (AvgIpc) is 3.07. The molecule has 206 valence electrons. The minimum Gasteiger partial charge on any atom is -0.461 e. The molecule has 0 aromatic heterocycles. The Kier molecular flexibility index (Phi) is 8.72. The molecule has 1 heterocycles. The number of carbonyl (C=O) groups excluding carboxylic acids is 1. The normalized spacial score (nSPS) is 24.7. The topological polar surface area (TPSA) is 85.2 Å². The Morgan fingerprint density at radius 2 is 1.05 bits per heavy atom. The molecule has 6 heteroatoms. The molecule has 1 aliphatic heterocycles. The molecule has 0 unspecified atom stereocenters. The van der Waals surface area contributed by atoms with Crippen molar-refractivity contribution >= 4 is 5.97 Å². The Labute approximate surface area is 234 Å². The second-order valence-electron chi connectivity index (χ2n) is 10.2. The SMILES string of the molecule is O=C1OC[C@@H](O)[C@@H](O)[C@](Cc2ccccc2)(OCc2ccccc2)[C@@]1(Cc1ccccc1)OCc1ccccc1. The quantitative estimate of drug-likeness (QED) is 0.286. The van der Waals surface area contributed by atoms with E-state index in [-0.39, 0.29) is 32.7 Å². The highest BCUT2D eigenvalue weighted by atomic mass is 16.6. The first-order valence-corrected chi connectivity index (χ1v) is 13.5. The van der Waals surface area contributed by atoms with Gasteiger partial charge in [0.25, 0.3) is 0 Å². The van der Waals surface area contributed by atoms with Gasteiger partial charge in [-0.25, -0.2) is 4.79 Å². The van der Waals surface area contributed by atoms with Crippen molar-refractivity contribution in [2.45, 2.75) is 49.5 Å². The number of benzene rings is 4. The smallest absolute Gasteiger partial charge is 0.342 e. The van der Waals surface area contributed by atoms with Crippen molar-refractivity contribution in [1.29, 1.82) is 0 Å².